The second-order valence-electron chi connectivity index (χ2n) is 4.07. The molecule has 0 atom stereocenters. The van der Waals surface area contributed by atoms with Gasteiger partial charge in [-0.25, -0.2) is 0 Å². The molecule has 0 saturated heterocycles. The summed E-state index contributed by atoms with van der Waals surface area (Å²) >= 11 is 9.35. The lowest BCUT2D eigenvalue weighted by molar-refractivity contribution is 0.331. The minimum atomic E-state index is 0.571. The van der Waals surface area contributed by atoms with Gasteiger partial charge in [0.25, 0.3) is 0 Å². The fraction of sp³-hybridized carbons (Fsp3) is 0.200. The smallest absolute Gasteiger partial charge is 0.119 e. The molecule has 0 aliphatic carbocycles. The minimum Gasteiger partial charge on any atom is -0.497 e. The first-order valence-corrected chi connectivity index (χ1v) is 7.32. The van der Waals surface area contributed by atoms with Crippen molar-refractivity contribution in [2.24, 2.45) is 0 Å². The number of rotatable bonds is 6. The van der Waals surface area contributed by atoms with Gasteiger partial charge in [0.1, 0.15) is 18.1 Å². The van der Waals surface area contributed by atoms with E-state index < -0.39 is 0 Å². The number of anilines is 1. The average molecular weight is 357 g/mol. The van der Waals surface area contributed by atoms with Gasteiger partial charge in [0, 0.05) is 21.7 Å². The molecule has 2 rings (SSSR count). The van der Waals surface area contributed by atoms with E-state index in [-0.39, 0.29) is 0 Å². The van der Waals surface area contributed by atoms with Crippen molar-refractivity contribution >= 4 is 33.2 Å². The molecule has 0 aliphatic rings. The van der Waals surface area contributed by atoms with Crippen LogP contribution in [0.25, 0.3) is 0 Å². The van der Waals surface area contributed by atoms with E-state index in [1.165, 1.54) is 0 Å². The molecule has 2 aromatic carbocycles. The molecule has 0 unspecified atom stereocenters. The van der Waals surface area contributed by atoms with E-state index in [0.717, 1.165) is 21.7 Å². The summed E-state index contributed by atoms with van der Waals surface area (Å²) in [4.78, 5) is 0. The van der Waals surface area contributed by atoms with Crippen LogP contribution in [0.2, 0.25) is 5.02 Å². The molecule has 0 aliphatic heterocycles. The van der Waals surface area contributed by atoms with Gasteiger partial charge < -0.3 is 14.8 Å². The molecule has 0 aromatic heterocycles. The average Bonchev–Trinajstić information content (AvgIpc) is 2.46. The van der Waals surface area contributed by atoms with Crippen LogP contribution in [0.5, 0.6) is 11.5 Å². The van der Waals surface area contributed by atoms with Crippen LogP contribution < -0.4 is 14.8 Å². The number of hydrogen-bond donors (Lipinski definition) is 1. The molecule has 0 fully saturated rings. The highest BCUT2D eigenvalue weighted by Crippen LogP contribution is 2.25. The van der Waals surface area contributed by atoms with Gasteiger partial charge >= 0.3 is 0 Å². The fourth-order valence-electron chi connectivity index (χ4n) is 1.66. The molecular weight excluding hydrogens is 342 g/mol. The Hall–Kier alpha value is -1.39. The van der Waals surface area contributed by atoms with E-state index in [4.69, 9.17) is 21.1 Å². The van der Waals surface area contributed by atoms with E-state index in [1.54, 1.807) is 7.11 Å². The van der Waals surface area contributed by atoms with E-state index in [1.807, 2.05) is 42.5 Å². The summed E-state index contributed by atoms with van der Waals surface area (Å²) in [5, 5.41) is 3.98. The summed E-state index contributed by atoms with van der Waals surface area (Å²) in [5.41, 5.74) is 0.993. The van der Waals surface area contributed by atoms with Crippen LogP contribution in [0.3, 0.4) is 0 Å². The first-order valence-electron chi connectivity index (χ1n) is 6.15. The zero-order valence-electron chi connectivity index (χ0n) is 11.0. The second kappa shape index (κ2) is 7.41. The van der Waals surface area contributed by atoms with E-state index in [9.17, 15) is 0 Å². The van der Waals surface area contributed by atoms with Crippen molar-refractivity contribution in [1.29, 1.82) is 0 Å². The van der Waals surface area contributed by atoms with Crippen molar-refractivity contribution in [3.8, 4) is 11.5 Å². The largest absolute Gasteiger partial charge is 0.497 e. The monoisotopic (exact) mass is 355 g/mol. The standard InChI is InChI=1S/C15H15BrClNO2/c1-19-12-3-5-13(6-4-12)20-9-8-18-15-7-2-11(17)10-14(15)16/h2-7,10,18H,8-9H2,1H3. The molecule has 0 spiro atoms. The fourth-order valence-corrected chi connectivity index (χ4v) is 2.48. The number of benzene rings is 2. The minimum absolute atomic E-state index is 0.571. The van der Waals surface area contributed by atoms with Gasteiger partial charge in [0.2, 0.25) is 0 Å². The molecule has 2 aromatic rings. The van der Waals surface area contributed by atoms with Crippen LogP contribution in [-0.4, -0.2) is 20.3 Å². The Morgan fingerprint density at radius 1 is 1.10 bits per heavy atom. The van der Waals surface area contributed by atoms with Crippen LogP contribution >= 0.6 is 27.5 Å². The van der Waals surface area contributed by atoms with Gasteiger partial charge in [-0.1, -0.05) is 11.6 Å². The van der Waals surface area contributed by atoms with Crippen LogP contribution in [-0.2, 0) is 0 Å². The van der Waals surface area contributed by atoms with Crippen molar-refractivity contribution in [3.63, 3.8) is 0 Å². The molecule has 3 nitrogen and oxygen atoms in total. The topological polar surface area (TPSA) is 30.5 Å². The summed E-state index contributed by atoms with van der Waals surface area (Å²) in [6.07, 6.45) is 0. The quantitative estimate of drug-likeness (QED) is 0.767. The zero-order chi connectivity index (χ0) is 14.4. The number of ether oxygens (including phenoxy) is 2. The lowest BCUT2D eigenvalue weighted by atomic mass is 10.3. The predicted molar refractivity (Wildman–Crippen MR) is 86.1 cm³/mol. The maximum Gasteiger partial charge on any atom is 0.119 e. The van der Waals surface area contributed by atoms with Gasteiger partial charge in [-0.2, -0.15) is 0 Å². The normalized spacial score (nSPS) is 10.2. The molecule has 0 amide bonds. The van der Waals surface area contributed by atoms with Crippen LogP contribution in [0.15, 0.2) is 46.9 Å². The highest BCUT2D eigenvalue weighted by Gasteiger charge is 2.00. The Balaban J connectivity index is 1.78. The summed E-state index contributed by atoms with van der Waals surface area (Å²) in [7, 11) is 1.64. The second-order valence-corrected chi connectivity index (χ2v) is 5.37. The van der Waals surface area contributed by atoms with Crippen molar-refractivity contribution < 1.29 is 9.47 Å². The van der Waals surface area contributed by atoms with Crippen molar-refractivity contribution in [3.05, 3.63) is 52.0 Å². The van der Waals surface area contributed by atoms with Gasteiger partial charge in [0.15, 0.2) is 0 Å². The maximum atomic E-state index is 5.89. The Morgan fingerprint density at radius 3 is 2.45 bits per heavy atom. The first-order chi connectivity index (χ1) is 9.69. The lowest BCUT2D eigenvalue weighted by Crippen LogP contribution is -2.11. The molecule has 106 valence electrons. The van der Waals surface area contributed by atoms with E-state index in [2.05, 4.69) is 21.2 Å². The predicted octanol–water partition coefficient (Wildman–Crippen LogP) is 4.60. The first kappa shape index (κ1) is 15.0. The summed E-state index contributed by atoms with van der Waals surface area (Å²) < 4.78 is 11.7. The van der Waals surface area contributed by atoms with Crippen LogP contribution in [0.4, 0.5) is 5.69 Å². The van der Waals surface area contributed by atoms with Crippen molar-refractivity contribution in [2.75, 3.05) is 25.6 Å². The third kappa shape index (κ3) is 4.32. The summed E-state index contributed by atoms with van der Waals surface area (Å²) in [6, 6.07) is 13.2. The molecule has 0 heterocycles. The third-order valence-corrected chi connectivity index (χ3v) is 3.57. The highest BCUT2D eigenvalue weighted by molar-refractivity contribution is 9.10. The highest BCUT2D eigenvalue weighted by atomic mass is 79.9. The molecular formula is C15H15BrClNO2. The molecule has 5 heteroatoms. The zero-order valence-corrected chi connectivity index (χ0v) is 13.4. The van der Waals surface area contributed by atoms with Gasteiger partial charge in [-0.15, -0.1) is 0 Å². The van der Waals surface area contributed by atoms with Gasteiger partial charge in [-0.3, -0.25) is 0 Å². The Labute approximate surface area is 132 Å². The number of halogens is 2. The Bertz CT molecular complexity index is 560. The van der Waals surface area contributed by atoms with Gasteiger partial charge in [0.05, 0.1) is 7.11 Å². The van der Waals surface area contributed by atoms with Crippen molar-refractivity contribution in [1.82, 2.24) is 0 Å². The number of methoxy groups -OCH3 is 1. The SMILES string of the molecule is COc1ccc(OCCNc2ccc(Cl)cc2Br)cc1. The summed E-state index contributed by atoms with van der Waals surface area (Å²) in [5.74, 6) is 1.64. The molecule has 1 N–H and O–H groups in total. The molecule has 20 heavy (non-hydrogen) atoms. The number of hydrogen-bond acceptors (Lipinski definition) is 3. The van der Waals surface area contributed by atoms with E-state index >= 15 is 0 Å². The maximum absolute atomic E-state index is 5.89. The Kier molecular flexibility index (Phi) is 5.56. The molecule has 0 saturated carbocycles. The third-order valence-electron chi connectivity index (χ3n) is 2.68. The molecule has 0 bridgehead atoms. The Morgan fingerprint density at radius 2 is 1.80 bits per heavy atom. The lowest BCUT2D eigenvalue weighted by Gasteiger charge is -2.10. The van der Waals surface area contributed by atoms with E-state index in [0.29, 0.717) is 18.2 Å². The van der Waals surface area contributed by atoms with Crippen molar-refractivity contribution in [2.45, 2.75) is 0 Å². The van der Waals surface area contributed by atoms with Crippen LogP contribution in [0, 0.1) is 0 Å². The van der Waals surface area contributed by atoms with Crippen LogP contribution in [0.1, 0.15) is 0 Å². The molecule has 0 radical (unpaired) electrons. The number of nitrogens with one attached hydrogen (secondary N) is 1. The van der Waals surface area contributed by atoms with Gasteiger partial charge in [-0.05, 0) is 58.4 Å². The summed E-state index contributed by atoms with van der Waals surface area (Å²) in [6.45, 7) is 1.27.